The van der Waals surface area contributed by atoms with E-state index in [1.807, 2.05) is 6.92 Å². The molecule has 0 spiro atoms. The number of rotatable bonds is 4. The Labute approximate surface area is 116 Å². The highest BCUT2D eigenvalue weighted by Crippen LogP contribution is 2.17. The van der Waals surface area contributed by atoms with Crippen molar-refractivity contribution < 1.29 is 9.47 Å². The molecule has 1 unspecified atom stereocenters. The number of guanidine groups is 1. The van der Waals surface area contributed by atoms with Gasteiger partial charge in [-0.2, -0.15) is 0 Å². The Kier molecular flexibility index (Phi) is 5.92. The average Bonchev–Trinajstić information content (AvgIpc) is 2.47. The van der Waals surface area contributed by atoms with Crippen LogP contribution in [0.25, 0.3) is 0 Å². The molecule has 0 aromatic rings. The van der Waals surface area contributed by atoms with Crippen LogP contribution in [0.2, 0.25) is 0 Å². The van der Waals surface area contributed by atoms with Gasteiger partial charge in [-0.05, 0) is 39.0 Å². The van der Waals surface area contributed by atoms with E-state index < -0.39 is 0 Å². The highest BCUT2D eigenvalue weighted by Gasteiger charge is 2.22. The molecule has 19 heavy (non-hydrogen) atoms. The standard InChI is InChI=1S/C14H27N3O2/c1-2-16-14(15)17-8-6-12(7-9-17)19-11-13-5-3-4-10-18-13/h12-13H,2-11H2,1H3,(H2,15,16). The van der Waals surface area contributed by atoms with Gasteiger partial charge in [-0.1, -0.05) is 0 Å². The lowest BCUT2D eigenvalue weighted by Gasteiger charge is -2.33. The molecule has 2 fully saturated rings. The van der Waals surface area contributed by atoms with Crippen LogP contribution in [-0.2, 0) is 9.47 Å². The summed E-state index contributed by atoms with van der Waals surface area (Å²) in [6, 6.07) is 0. The maximum absolute atomic E-state index is 5.98. The van der Waals surface area contributed by atoms with E-state index >= 15 is 0 Å². The van der Waals surface area contributed by atoms with E-state index in [2.05, 4.69) is 9.89 Å². The molecule has 0 aromatic heterocycles. The molecule has 2 rings (SSSR count). The second-order valence-corrected chi connectivity index (χ2v) is 5.34. The number of hydrogen-bond acceptors (Lipinski definition) is 3. The van der Waals surface area contributed by atoms with Gasteiger partial charge in [-0.3, -0.25) is 4.99 Å². The summed E-state index contributed by atoms with van der Waals surface area (Å²) in [6.45, 7) is 6.31. The van der Waals surface area contributed by atoms with Gasteiger partial charge < -0.3 is 20.1 Å². The predicted molar refractivity (Wildman–Crippen MR) is 76.3 cm³/mol. The molecule has 0 amide bonds. The van der Waals surface area contributed by atoms with Gasteiger partial charge in [0.2, 0.25) is 0 Å². The molecular weight excluding hydrogens is 242 g/mol. The summed E-state index contributed by atoms with van der Waals surface area (Å²) in [5.41, 5.74) is 5.91. The van der Waals surface area contributed by atoms with E-state index in [9.17, 15) is 0 Å². The number of ether oxygens (including phenoxy) is 2. The Hall–Kier alpha value is -0.810. The highest BCUT2D eigenvalue weighted by molar-refractivity contribution is 5.78. The minimum Gasteiger partial charge on any atom is -0.376 e. The van der Waals surface area contributed by atoms with Gasteiger partial charge in [0, 0.05) is 26.2 Å². The van der Waals surface area contributed by atoms with Gasteiger partial charge in [0.1, 0.15) is 0 Å². The lowest BCUT2D eigenvalue weighted by Crippen LogP contribution is -2.45. The highest BCUT2D eigenvalue weighted by atomic mass is 16.5. The molecule has 0 bridgehead atoms. The van der Waals surface area contributed by atoms with Crippen molar-refractivity contribution in [2.45, 2.75) is 51.2 Å². The first-order chi connectivity index (χ1) is 9.29. The molecule has 5 heteroatoms. The van der Waals surface area contributed by atoms with Crippen LogP contribution in [0.3, 0.4) is 0 Å². The molecule has 110 valence electrons. The molecule has 2 aliphatic heterocycles. The van der Waals surface area contributed by atoms with Crippen molar-refractivity contribution in [3.63, 3.8) is 0 Å². The first-order valence-corrected chi connectivity index (χ1v) is 7.57. The van der Waals surface area contributed by atoms with Crippen LogP contribution in [-0.4, -0.2) is 55.9 Å². The lowest BCUT2D eigenvalue weighted by molar-refractivity contribution is -0.0720. The zero-order valence-electron chi connectivity index (χ0n) is 12.0. The van der Waals surface area contributed by atoms with Crippen molar-refractivity contribution >= 4 is 5.96 Å². The average molecular weight is 269 g/mol. The topological polar surface area (TPSA) is 60.1 Å². The second-order valence-electron chi connectivity index (χ2n) is 5.34. The smallest absolute Gasteiger partial charge is 0.191 e. The van der Waals surface area contributed by atoms with Gasteiger partial charge in [0.25, 0.3) is 0 Å². The predicted octanol–water partition coefficient (Wildman–Crippen LogP) is 1.37. The fraction of sp³-hybridized carbons (Fsp3) is 0.929. The fourth-order valence-electron chi connectivity index (χ4n) is 2.70. The van der Waals surface area contributed by atoms with E-state index in [4.69, 9.17) is 15.2 Å². The molecule has 0 radical (unpaired) electrons. The lowest BCUT2D eigenvalue weighted by atomic mass is 10.1. The molecule has 1 atom stereocenters. The van der Waals surface area contributed by atoms with Crippen LogP contribution >= 0.6 is 0 Å². The largest absolute Gasteiger partial charge is 0.376 e. The number of likely N-dealkylation sites (tertiary alicyclic amines) is 1. The quantitative estimate of drug-likeness (QED) is 0.618. The van der Waals surface area contributed by atoms with Gasteiger partial charge >= 0.3 is 0 Å². The van der Waals surface area contributed by atoms with Crippen molar-refractivity contribution in [1.82, 2.24) is 4.90 Å². The van der Waals surface area contributed by atoms with Gasteiger partial charge in [0.05, 0.1) is 18.8 Å². The number of nitrogens with zero attached hydrogens (tertiary/aromatic N) is 2. The van der Waals surface area contributed by atoms with Crippen LogP contribution in [0.1, 0.15) is 39.0 Å². The maximum Gasteiger partial charge on any atom is 0.191 e. The van der Waals surface area contributed by atoms with Crippen LogP contribution in [0.15, 0.2) is 4.99 Å². The van der Waals surface area contributed by atoms with Crippen LogP contribution < -0.4 is 5.73 Å². The number of nitrogens with two attached hydrogens (primary N) is 1. The normalized spacial score (nSPS) is 26.7. The zero-order valence-corrected chi connectivity index (χ0v) is 12.0. The summed E-state index contributed by atoms with van der Waals surface area (Å²) in [6.07, 6.45) is 6.37. The van der Waals surface area contributed by atoms with Crippen molar-refractivity contribution in [3.05, 3.63) is 0 Å². The SMILES string of the molecule is CCN=C(N)N1CCC(OCC2CCCCO2)CC1. The maximum atomic E-state index is 5.98. The third-order valence-electron chi connectivity index (χ3n) is 3.88. The van der Waals surface area contributed by atoms with Crippen molar-refractivity contribution in [2.24, 2.45) is 10.7 Å². The Morgan fingerprint density at radius 1 is 1.32 bits per heavy atom. The Balaban J connectivity index is 1.64. The summed E-state index contributed by atoms with van der Waals surface area (Å²) in [5.74, 6) is 0.677. The Bertz CT molecular complexity index is 282. The van der Waals surface area contributed by atoms with E-state index in [1.54, 1.807) is 0 Å². The van der Waals surface area contributed by atoms with Crippen LogP contribution in [0.5, 0.6) is 0 Å². The van der Waals surface area contributed by atoms with E-state index in [-0.39, 0.29) is 0 Å². The van der Waals surface area contributed by atoms with Crippen molar-refractivity contribution in [3.8, 4) is 0 Å². The Morgan fingerprint density at radius 2 is 2.11 bits per heavy atom. The zero-order chi connectivity index (χ0) is 13.5. The number of aliphatic imine (C=N–C) groups is 1. The molecule has 0 aromatic carbocycles. The fourth-order valence-corrected chi connectivity index (χ4v) is 2.70. The summed E-state index contributed by atoms with van der Waals surface area (Å²) >= 11 is 0. The second kappa shape index (κ2) is 7.70. The molecule has 2 heterocycles. The first-order valence-electron chi connectivity index (χ1n) is 7.57. The van der Waals surface area contributed by atoms with E-state index in [0.717, 1.165) is 52.1 Å². The van der Waals surface area contributed by atoms with Crippen LogP contribution in [0, 0.1) is 0 Å². The van der Waals surface area contributed by atoms with Crippen molar-refractivity contribution in [2.75, 3.05) is 32.8 Å². The number of piperidine rings is 1. The summed E-state index contributed by atoms with van der Waals surface area (Å²) < 4.78 is 11.7. The molecule has 0 saturated carbocycles. The molecule has 0 aliphatic carbocycles. The summed E-state index contributed by atoms with van der Waals surface area (Å²) in [5, 5.41) is 0. The molecule has 5 nitrogen and oxygen atoms in total. The van der Waals surface area contributed by atoms with Gasteiger partial charge in [-0.25, -0.2) is 0 Å². The minimum absolute atomic E-state index is 0.318. The van der Waals surface area contributed by atoms with E-state index in [1.165, 1.54) is 12.8 Å². The molecule has 2 N–H and O–H groups in total. The summed E-state index contributed by atoms with van der Waals surface area (Å²) in [4.78, 5) is 6.41. The van der Waals surface area contributed by atoms with E-state index in [0.29, 0.717) is 18.2 Å². The van der Waals surface area contributed by atoms with Gasteiger partial charge in [-0.15, -0.1) is 0 Å². The Morgan fingerprint density at radius 3 is 2.74 bits per heavy atom. The molecule has 2 saturated heterocycles. The monoisotopic (exact) mass is 269 g/mol. The van der Waals surface area contributed by atoms with Crippen molar-refractivity contribution in [1.29, 1.82) is 0 Å². The summed E-state index contributed by atoms with van der Waals surface area (Å²) in [7, 11) is 0. The minimum atomic E-state index is 0.318. The third-order valence-corrected chi connectivity index (χ3v) is 3.88. The first kappa shape index (κ1) is 14.6. The number of hydrogen-bond donors (Lipinski definition) is 1. The molecular formula is C14H27N3O2. The molecule has 2 aliphatic rings. The third kappa shape index (κ3) is 4.66. The van der Waals surface area contributed by atoms with Crippen LogP contribution in [0.4, 0.5) is 0 Å². The van der Waals surface area contributed by atoms with Gasteiger partial charge in [0.15, 0.2) is 5.96 Å².